The summed E-state index contributed by atoms with van der Waals surface area (Å²) in [5.74, 6) is 0.527. The second kappa shape index (κ2) is 8.69. The van der Waals surface area contributed by atoms with Crippen LogP contribution in [0.3, 0.4) is 0 Å². The molecule has 0 fully saturated rings. The fourth-order valence-corrected chi connectivity index (χ4v) is 4.02. The van der Waals surface area contributed by atoms with Gasteiger partial charge in [-0.3, -0.25) is 0 Å². The van der Waals surface area contributed by atoms with Gasteiger partial charge in [0.2, 0.25) is 0 Å². The largest absolute Gasteiger partial charge is 0.487 e. The van der Waals surface area contributed by atoms with Crippen molar-refractivity contribution >= 4 is 37.5 Å². The third-order valence-corrected chi connectivity index (χ3v) is 4.93. The van der Waals surface area contributed by atoms with E-state index < -0.39 is 0 Å². The Hall–Kier alpha value is -1.85. The van der Waals surface area contributed by atoms with Crippen molar-refractivity contribution in [2.24, 2.45) is 0 Å². The summed E-state index contributed by atoms with van der Waals surface area (Å²) in [6.45, 7) is 3.07. The Kier molecular flexibility index (Phi) is 6.33. The molecule has 0 saturated heterocycles. The first-order chi connectivity index (χ1) is 12.5. The first-order valence-electron chi connectivity index (χ1n) is 8.17. The fraction of sp³-hybridized carbons (Fsp3) is 0.143. The molecule has 0 aliphatic rings. The van der Waals surface area contributed by atoms with Gasteiger partial charge >= 0.3 is 0 Å². The van der Waals surface area contributed by atoms with Crippen LogP contribution in [0.1, 0.15) is 16.7 Å². The minimum atomic E-state index is -0.249. The highest BCUT2D eigenvalue weighted by molar-refractivity contribution is 9.11. The summed E-state index contributed by atoms with van der Waals surface area (Å²) in [6, 6.07) is 18.6. The molecule has 0 unspecified atom stereocenters. The van der Waals surface area contributed by atoms with E-state index in [2.05, 4.69) is 56.2 Å². The monoisotopic (exact) mass is 477 g/mol. The number of ether oxygens (including phenoxy) is 1. The number of anilines is 1. The first-order valence-corrected chi connectivity index (χ1v) is 9.75. The van der Waals surface area contributed by atoms with Gasteiger partial charge in [0.25, 0.3) is 0 Å². The highest BCUT2D eigenvalue weighted by Crippen LogP contribution is 2.34. The van der Waals surface area contributed by atoms with Crippen molar-refractivity contribution in [3.63, 3.8) is 0 Å². The molecule has 1 N–H and O–H groups in total. The van der Waals surface area contributed by atoms with E-state index in [0.29, 0.717) is 13.2 Å². The van der Waals surface area contributed by atoms with E-state index in [0.717, 1.165) is 31.5 Å². The quantitative estimate of drug-likeness (QED) is 0.418. The van der Waals surface area contributed by atoms with Crippen LogP contribution in [0.5, 0.6) is 5.75 Å². The SMILES string of the molecule is Cc1cccc(NCc2cc(Br)cc(Br)c2OCc2ccc(F)cc2)c1. The van der Waals surface area contributed by atoms with Crippen molar-refractivity contribution < 1.29 is 9.13 Å². The van der Waals surface area contributed by atoms with Crippen molar-refractivity contribution in [3.8, 4) is 5.75 Å². The van der Waals surface area contributed by atoms with E-state index in [1.54, 1.807) is 12.1 Å². The van der Waals surface area contributed by atoms with Gasteiger partial charge in [-0.15, -0.1) is 0 Å². The van der Waals surface area contributed by atoms with Crippen LogP contribution in [0.25, 0.3) is 0 Å². The van der Waals surface area contributed by atoms with Gasteiger partial charge in [-0.2, -0.15) is 0 Å². The lowest BCUT2D eigenvalue weighted by Gasteiger charge is -2.16. The molecule has 0 amide bonds. The molecular weight excluding hydrogens is 461 g/mol. The van der Waals surface area contributed by atoms with E-state index in [-0.39, 0.29) is 5.82 Å². The Morgan fingerprint density at radius 3 is 2.50 bits per heavy atom. The smallest absolute Gasteiger partial charge is 0.139 e. The number of hydrogen-bond donors (Lipinski definition) is 1. The van der Waals surface area contributed by atoms with E-state index >= 15 is 0 Å². The molecule has 0 radical (unpaired) electrons. The highest BCUT2D eigenvalue weighted by Gasteiger charge is 2.11. The molecule has 0 heterocycles. The molecule has 26 heavy (non-hydrogen) atoms. The number of halogens is 3. The average Bonchev–Trinajstić information content (AvgIpc) is 2.60. The van der Waals surface area contributed by atoms with Crippen LogP contribution in [-0.4, -0.2) is 0 Å². The molecule has 2 nitrogen and oxygen atoms in total. The van der Waals surface area contributed by atoms with Crippen LogP contribution >= 0.6 is 31.9 Å². The lowest BCUT2D eigenvalue weighted by molar-refractivity contribution is 0.301. The molecule has 0 aromatic heterocycles. The Morgan fingerprint density at radius 1 is 1.00 bits per heavy atom. The topological polar surface area (TPSA) is 21.3 Å². The minimum absolute atomic E-state index is 0.249. The first kappa shape index (κ1) is 18.9. The molecule has 3 rings (SSSR count). The zero-order valence-electron chi connectivity index (χ0n) is 14.2. The zero-order chi connectivity index (χ0) is 18.5. The van der Waals surface area contributed by atoms with Crippen molar-refractivity contribution in [1.82, 2.24) is 0 Å². The van der Waals surface area contributed by atoms with Crippen LogP contribution < -0.4 is 10.1 Å². The van der Waals surface area contributed by atoms with E-state index in [1.807, 2.05) is 24.3 Å². The van der Waals surface area contributed by atoms with Crippen molar-refractivity contribution in [2.75, 3.05) is 5.32 Å². The molecule has 3 aromatic carbocycles. The molecule has 3 aromatic rings. The third-order valence-electron chi connectivity index (χ3n) is 3.88. The maximum atomic E-state index is 13.1. The van der Waals surface area contributed by atoms with Gasteiger partial charge in [-0.05, 0) is 70.4 Å². The van der Waals surface area contributed by atoms with Crippen LogP contribution in [0.4, 0.5) is 10.1 Å². The van der Waals surface area contributed by atoms with Crippen molar-refractivity contribution in [3.05, 3.63) is 92.1 Å². The van der Waals surface area contributed by atoms with Crippen LogP contribution in [0.2, 0.25) is 0 Å². The summed E-state index contributed by atoms with van der Waals surface area (Å²) >= 11 is 7.11. The van der Waals surface area contributed by atoms with Gasteiger partial charge in [0.1, 0.15) is 18.2 Å². The minimum Gasteiger partial charge on any atom is -0.487 e. The lowest BCUT2D eigenvalue weighted by Crippen LogP contribution is -2.05. The van der Waals surface area contributed by atoms with E-state index in [4.69, 9.17) is 4.74 Å². The van der Waals surface area contributed by atoms with Crippen molar-refractivity contribution in [1.29, 1.82) is 0 Å². The molecule has 0 spiro atoms. The van der Waals surface area contributed by atoms with Crippen LogP contribution in [0.15, 0.2) is 69.6 Å². The molecule has 0 aliphatic carbocycles. The summed E-state index contributed by atoms with van der Waals surface area (Å²) in [5, 5.41) is 3.43. The Balaban J connectivity index is 1.76. The third kappa shape index (κ3) is 5.08. The molecular formula is C21H18Br2FNO. The average molecular weight is 479 g/mol. The van der Waals surface area contributed by atoms with Gasteiger partial charge in [0.15, 0.2) is 0 Å². The molecule has 5 heteroatoms. The van der Waals surface area contributed by atoms with Gasteiger partial charge in [-0.1, -0.05) is 40.2 Å². The molecule has 134 valence electrons. The molecule has 0 atom stereocenters. The van der Waals surface area contributed by atoms with Crippen LogP contribution in [-0.2, 0) is 13.2 Å². The zero-order valence-corrected chi connectivity index (χ0v) is 17.4. The maximum absolute atomic E-state index is 13.1. The van der Waals surface area contributed by atoms with E-state index in [9.17, 15) is 4.39 Å². The molecule has 0 saturated carbocycles. The summed E-state index contributed by atoms with van der Waals surface area (Å²) in [5.41, 5.74) is 4.21. The predicted octanol–water partition coefficient (Wildman–Crippen LogP) is 6.85. The normalized spacial score (nSPS) is 10.6. The van der Waals surface area contributed by atoms with Gasteiger partial charge in [-0.25, -0.2) is 4.39 Å². The second-order valence-corrected chi connectivity index (χ2v) is 7.78. The van der Waals surface area contributed by atoms with Gasteiger partial charge < -0.3 is 10.1 Å². The number of benzene rings is 3. The highest BCUT2D eigenvalue weighted by atomic mass is 79.9. The van der Waals surface area contributed by atoms with E-state index in [1.165, 1.54) is 17.7 Å². The number of hydrogen-bond acceptors (Lipinski definition) is 2. The number of rotatable bonds is 6. The lowest BCUT2D eigenvalue weighted by atomic mass is 10.1. The fourth-order valence-electron chi connectivity index (χ4n) is 2.60. The molecule has 0 bridgehead atoms. The Labute approximate surface area is 169 Å². The molecule has 0 aliphatic heterocycles. The maximum Gasteiger partial charge on any atom is 0.139 e. The van der Waals surface area contributed by atoms with Gasteiger partial charge in [0.05, 0.1) is 4.47 Å². The Morgan fingerprint density at radius 2 is 1.77 bits per heavy atom. The summed E-state index contributed by atoms with van der Waals surface area (Å²) < 4.78 is 20.9. The van der Waals surface area contributed by atoms with Gasteiger partial charge in [0, 0.05) is 22.3 Å². The second-order valence-electron chi connectivity index (χ2n) is 6.01. The summed E-state index contributed by atoms with van der Waals surface area (Å²) in [4.78, 5) is 0. The number of aryl methyl sites for hydroxylation is 1. The number of nitrogens with one attached hydrogen (secondary N) is 1. The Bertz CT molecular complexity index is 897. The summed E-state index contributed by atoms with van der Waals surface area (Å²) in [6.07, 6.45) is 0. The standard InChI is InChI=1S/C21H18Br2FNO/c1-14-3-2-4-19(9-14)25-12-16-10-17(22)11-20(23)21(16)26-13-15-5-7-18(24)8-6-15/h2-11,25H,12-13H2,1H3. The summed E-state index contributed by atoms with van der Waals surface area (Å²) in [7, 11) is 0. The van der Waals surface area contributed by atoms with Crippen LogP contribution in [0, 0.1) is 12.7 Å². The predicted molar refractivity (Wildman–Crippen MR) is 111 cm³/mol. The van der Waals surface area contributed by atoms with Crippen molar-refractivity contribution in [2.45, 2.75) is 20.1 Å².